The van der Waals surface area contributed by atoms with Gasteiger partial charge in [-0.05, 0) is 18.9 Å². The zero-order chi connectivity index (χ0) is 15.7. The van der Waals surface area contributed by atoms with Crippen molar-refractivity contribution in [1.29, 1.82) is 0 Å². The lowest BCUT2D eigenvalue weighted by Gasteiger charge is -2.05. The van der Waals surface area contributed by atoms with Gasteiger partial charge in [-0.2, -0.15) is 5.10 Å². The average Bonchev–Trinajstić information content (AvgIpc) is 2.44. The van der Waals surface area contributed by atoms with E-state index < -0.39 is 5.97 Å². The molecule has 0 saturated carbocycles. The van der Waals surface area contributed by atoms with E-state index in [1.54, 1.807) is 0 Å². The third-order valence-electron chi connectivity index (χ3n) is 3.05. The quantitative estimate of drug-likeness (QED) is 0.660. The Bertz CT molecular complexity index is 539. The number of rotatable bonds is 9. The minimum absolute atomic E-state index is 0.217. The predicted molar refractivity (Wildman–Crippen MR) is 77.1 cm³/mol. The SMILES string of the molecule is Cn1nc(C(=O)NCCCCCCCC(=O)O)ccc1=O. The molecule has 0 aliphatic rings. The molecule has 7 nitrogen and oxygen atoms in total. The number of carbonyl (C=O) groups excluding carboxylic acids is 1. The fourth-order valence-electron chi connectivity index (χ4n) is 1.85. The standard InChI is InChI=1S/C14H21N3O4/c1-17-12(18)9-8-11(16-17)14(21)15-10-6-4-2-3-5-7-13(19)20/h8-9H,2-7,10H2,1H3,(H,15,21)(H,19,20). The average molecular weight is 295 g/mol. The highest BCUT2D eigenvalue weighted by Crippen LogP contribution is 2.04. The summed E-state index contributed by atoms with van der Waals surface area (Å²) in [7, 11) is 1.50. The van der Waals surface area contributed by atoms with Gasteiger partial charge in [-0.3, -0.25) is 14.4 Å². The first-order chi connectivity index (χ1) is 10.0. The van der Waals surface area contributed by atoms with Crippen LogP contribution in [0.4, 0.5) is 0 Å². The molecule has 1 rings (SSSR count). The second-order valence-electron chi connectivity index (χ2n) is 4.85. The number of carboxylic acid groups (broad SMARTS) is 1. The van der Waals surface area contributed by atoms with E-state index in [0.717, 1.165) is 30.4 Å². The van der Waals surface area contributed by atoms with Crippen LogP contribution in [-0.4, -0.2) is 33.3 Å². The number of amides is 1. The van der Waals surface area contributed by atoms with Crippen LogP contribution in [0.3, 0.4) is 0 Å². The fraction of sp³-hybridized carbons (Fsp3) is 0.571. The maximum atomic E-state index is 11.8. The van der Waals surface area contributed by atoms with Crippen molar-refractivity contribution in [2.45, 2.75) is 38.5 Å². The van der Waals surface area contributed by atoms with Crippen LogP contribution < -0.4 is 10.9 Å². The van der Waals surface area contributed by atoms with Gasteiger partial charge in [0.15, 0.2) is 0 Å². The van der Waals surface area contributed by atoms with Crippen molar-refractivity contribution in [3.05, 3.63) is 28.2 Å². The van der Waals surface area contributed by atoms with E-state index in [1.165, 1.54) is 19.2 Å². The molecular weight excluding hydrogens is 274 g/mol. The van der Waals surface area contributed by atoms with Gasteiger partial charge < -0.3 is 10.4 Å². The molecule has 0 bridgehead atoms. The molecule has 0 atom stereocenters. The van der Waals surface area contributed by atoms with Crippen LogP contribution in [0, 0.1) is 0 Å². The molecule has 1 aromatic rings. The molecule has 2 N–H and O–H groups in total. The van der Waals surface area contributed by atoms with Crippen molar-refractivity contribution in [3.8, 4) is 0 Å². The van der Waals surface area contributed by atoms with Crippen LogP contribution >= 0.6 is 0 Å². The number of hydrogen-bond donors (Lipinski definition) is 2. The molecule has 7 heteroatoms. The first kappa shape index (κ1) is 16.9. The highest BCUT2D eigenvalue weighted by molar-refractivity contribution is 5.91. The van der Waals surface area contributed by atoms with Crippen molar-refractivity contribution in [3.63, 3.8) is 0 Å². The Morgan fingerprint density at radius 2 is 1.86 bits per heavy atom. The first-order valence-corrected chi connectivity index (χ1v) is 7.05. The summed E-state index contributed by atoms with van der Waals surface area (Å²) in [6.45, 7) is 0.544. The third-order valence-corrected chi connectivity index (χ3v) is 3.05. The predicted octanol–water partition coefficient (Wildman–Crippen LogP) is 0.935. The molecule has 0 spiro atoms. The van der Waals surface area contributed by atoms with Crippen LogP contribution in [0.2, 0.25) is 0 Å². The zero-order valence-electron chi connectivity index (χ0n) is 12.2. The molecule has 0 fully saturated rings. The van der Waals surface area contributed by atoms with Crippen LogP contribution in [0.1, 0.15) is 49.0 Å². The molecule has 1 heterocycles. The van der Waals surface area contributed by atoms with E-state index in [1.807, 2.05) is 0 Å². The van der Waals surface area contributed by atoms with Crippen LogP contribution in [0.5, 0.6) is 0 Å². The number of hydrogen-bond acceptors (Lipinski definition) is 4. The van der Waals surface area contributed by atoms with Crippen LogP contribution in [-0.2, 0) is 11.8 Å². The van der Waals surface area contributed by atoms with E-state index in [0.29, 0.717) is 13.0 Å². The number of aryl methyl sites for hydroxylation is 1. The van der Waals surface area contributed by atoms with Gasteiger partial charge in [0.25, 0.3) is 11.5 Å². The second kappa shape index (κ2) is 8.89. The van der Waals surface area contributed by atoms with Gasteiger partial charge in [-0.1, -0.05) is 19.3 Å². The lowest BCUT2D eigenvalue weighted by Crippen LogP contribution is -2.29. The summed E-state index contributed by atoms with van der Waals surface area (Å²) in [6.07, 6.45) is 4.55. The van der Waals surface area contributed by atoms with Gasteiger partial charge in [-0.15, -0.1) is 0 Å². The van der Waals surface area contributed by atoms with E-state index >= 15 is 0 Å². The van der Waals surface area contributed by atoms with Gasteiger partial charge in [-0.25, -0.2) is 4.68 Å². The van der Waals surface area contributed by atoms with Crippen LogP contribution in [0.25, 0.3) is 0 Å². The largest absolute Gasteiger partial charge is 0.481 e. The number of carboxylic acids is 1. The van der Waals surface area contributed by atoms with Crippen molar-refractivity contribution < 1.29 is 14.7 Å². The van der Waals surface area contributed by atoms with Crippen LogP contribution in [0.15, 0.2) is 16.9 Å². The number of carbonyl (C=O) groups is 2. The molecule has 1 amide bonds. The number of nitrogens with zero attached hydrogens (tertiary/aromatic N) is 2. The molecular formula is C14H21N3O4. The third kappa shape index (κ3) is 6.69. The lowest BCUT2D eigenvalue weighted by atomic mass is 10.1. The highest BCUT2D eigenvalue weighted by Gasteiger charge is 2.07. The Balaban J connectivity index is 2.15. The Morgan fingerprint density at radius 1 is 1.19 bits per heavy atom. The molecule has 0 aliphatic carbocycles. The van der Waals surface area contributed by atoms with Crippen molar-refractivity contribution in [2.75, 3.05) is 6.54 Å². The topological polar surface area (TPSA) is 101 Å². The van der Waals surface area contributed by atoms with E-state index in [-0.39, 0.29) is 23.6 Å². The minimum Gasteiger partial charge on any atom is -0.481 e. The first-order valence-electron chi connectivity index (χ1n) is 7.05. The molecule has 0 aromatic carbocycles. The number of nitrogens with one attached hydrogen (secondary N) is 1. The normalized spacial score (nSPS) is 10.3. The maximum Gasteiger partial charge on any atom is 0.303 e. The van der Waals surface area contributed by atoms with Gasteiger partial charge in [0.1, 0.15) is 5.69 Å². The Kier molecular flexibility index (Phi) is 7.14. The van der Waals surface area contributed by atoms with Gasteiger partial charge in [0.05, 0.1) is 0 Å². The second-order valence-corrected chi connectivity index (χ2v) is 4.85. The highest BCUT2D eigenvalue weighted by atomic mass is 16.4. The molecule has 1 aromatic heterocycles. The molecule has 0 radical (unpaired) electrons. The number of aromatic nitrogens is 2. The van der Waals surface area contributed by atoms with Gasteiger partial charge in [0, 0.05) is 26.1 Å². The summed E-state index contributed by atoms with van der Waals surface area (Å²) < 4.78 is 1.12. The van der Waals surface area contributed by atoms with E-state index in [4.69, 9.17) is 5.11 Å². The summed E-state index contributed by atoms with van der Waals surface area (Å²) in [5, 5.41) is 15.1. The van der Waals surface area contributed by atoms with Gasteiger partial charge >= 0.3 is 5.97 Å². The maximum absolute atomic E-state index is 11.8. The van der Waals surface area contributed by atoms with E-state index in [2.05, 4.69) is 10.4 Å². The lowest BCUT2D eigenvalue weighted by molar-refractivity contribution is -0.137. The fourth-order valence-corrected chi connectivity index (χ4v) is 1.85. The Labute approximate surface area is 123 Å². The van der Waals surface area contributed by atoms with Crippen molar-refractivity contribution in [2.24, 2.45) is 7.05 Å². The summed E-state index contributed by atoms with van der Waals surface area (Å²) in [5.41, 5.74) is -0.0357. The molecule has 0 unspecified atom stereocenters. The molecule has 0 saturated heterocycles. The monoisotopic (exact) mass is 295 g/mol. The van der Waals surface area contributed by atoms with Crippen molar-refractivity contribution >= 4 is 11.9 Å². The van der Waals surface area contributed by atoms with E-state index in [9.17, 15) is 14.4 Å². The Hall–Kier alpha value is -2.18. The zero-order valence-corrected chi connectivity index (χ0v) is 12.2. The Morgan fingerprint density at radius 3 is 2.52 bits per heavy atom. The smallest absolute Gasteiger partial charge is 0.303 e. The summed E-state index contributed by atoms with van der Waals surface area (Å²) >= 11 is 0. The number of aliphatic carboxylic acids is 1. The summed E-state index contributed by atoms with van der Waals surface area (Å²) in [5.74, 6) is -1.05. The minimum atomic E-state index is -0.757. The van der Waals surface area contributed by atoms with Gasteiger partial charge in [0.2, 0.25) is 0 Å². The summed E-state index contributed by atoms with van der Waals surface area (Å²) in [6, 6.07) is 2.72. The molecule has 0 aliphatic heterocycles. The number of unbranched alkanes of at least 4 members (excludes halogenated alkanes) is 4. The molecule has 116 valence electrons. The van der Waals surface area contributed by atoms with Crippen molar-refractivity contribution in [1.82, 2.24) is 15.1 Å². The molecule has 21 heavy (non-hydrogen) atoms. The summed E-state index contributed by atoms with van der Waals surface area (Å²) in [4.78, 5) is 33.2.